The van der Waals surface area contributed by atoms with Crippen molar-refractivity contribution in [2.45, 2.75) is 0 Å². The third-order valence-corrected chi connectivity index (χ3v) is 7.06. The Labute approximate surface area is 111 Å². The average Bonchev–Trinajstić information content (AvgIpc) is 3.01. The molecule has 80 valence electrons. The molecule has 0 amide bonds. The van der Waals surface area contributed by atoms with E-state index in [0.29, 0.717) is 0 Å². The second kappa shape index (κ2) is 4.96. The zero-order valence-electron chi connectivity index (χ0n) is 8.12. The Morgan fingerprint density at radius 3 is 2.62 bits per heavy atom. The number of rotatable bonds is 1. The lowest BCUT2D eigenvalue weighted by atomic mass is 10.3. The minimum atomic E-state index is 1.21. The standard InChI is InChI=1S/C11H7NS4/c1-2-8(6-12-3-1)9-7-15-11(16-9)10-13-4-5-14-10/h1-7H. The van der Waals surface area contributed by atoms with Gasteiger partial charge in [0, 0.05) is 22.9 Å². The highest BCUT2D eigenvalue weighted by atomic mass is 32.2. The first-order valence-corrected chi connectivity index (χ1v) is 8.07. The van der Waals surface area contributed by atoms with Crippen LogP contribution in [0.1, 0.15) is 5.56 Å². The van der Waals surface area contributed by atoms with Crippen LogP contribution in [0.2, 0.25) is 0 Å². The van der Waals surface area contributed by atoms with Crippen molar-refractivity contribution in [3.63, 3.8) is 0 Å². The molecule has 2 aliphatic heterocycles. The lowest BCUT2D eigenvalue weighted by Crippen LogP contribution is -1.77. The highest BCUT2D eigenvalue weighted by Gasteiger charge is 2.19. The molecular weight excluding hydrogens is 274 g/mol. The van der Waals surface area contributed by atoms with Crippen LogP contribution >= 0.6 is 47.0 Å². The quantitative estimate of drug-likeness (QED) is 0.721. The lowest BCUT2D eigenvalue weighted by molar-refractivity contribution is 1.32. The normalized spacial score (nSPS) is 19.4. The molecule has 3 heterocycles. The maximum absolute atomic E-state index is 4.15. The van der Waals surface area contributed by atoms with Gasteiger partial charge in [0.2, 0.25) is 0 Å². The van der Waals surface area contributed by atoms with Gasteiger partial charge >= 0.3 is 0 Å². The monoisotopic (exact) mass is 281 g/mol. The van der Waals surface area contributed by atoms with Gasteiger partial charge in [0.05, 0.1) is 8.47 Å². The summed E-state index contributed by atoms with van der Waals surface area (Å²) in [5, 5.41) is 6.48. The zero-order chi connectivity index (χ0) is 10.8. The van der Waals surface area contributed by atoms with Crippen molar-refractivity contribution in [1.29, 1.82) is 0 Å². The summed E-state index contributed by atoms with van der Waals surface area (Å²) in [7, 11) is 0. The Balaban J connectivity index is 1.80. The number of hydrogen-bond donors (Lipinski definition) is 0. The van der Waals surface area contributed by atoms with Gasteiger partial charge in [-0.2, -0.15) is 0 Å². The van der Waals surface area contributed by atoms with Gasteiger partial charge < -0.3 is 0 Å². The summed E-state index contributed by atoms with van der Waals surface area (Å²) in [5.74, 6) is 0. The van der Waals surface area contributed by atoms with Crippen LogP contribution in [0.15, 0.2) is 49.2 Å². The Morgan fingerprint density at radius 1 is 1.00 bits per heavy atom. The summed E-state index contributed by atoms with van der Waals surface area (Å²) < 4.78 is 2.78. The van der Waals surface area contributed by atoms with Crippen LogP contribution in [-0.4, -0.2) is 4.98 Å². The maximum atomic E-state index is 4.15. The van der Waals surface area contributed by atoms with Crippen molar-refractivity contribution >= 4 is 52.0 Å². The van der Waals surface area contributed by atoms with Crippen molar-refractivity contribution in [2.75, 3.05) is 0 Å². The van der Waals surface area contributed by atoms with Crippen LogP contribution in [-0.2, 0) is 0 Å². The van der Waals surface area contributed by atoms with E-state index in [9.17, 15) is 0 Å². The zero-order valence-corrected chi connectivity index (χ0v) is 11.4. The fourth-order valence-electron chi connectivity index (χ4n) is 1.28. The predicted molar refractivity (Wildman–Crippen MR) is 78.7 cm³/mol. The molecule has 0 saturated heterocycles. The molecular formula is C11H7NS4. The van der Waals surface area contributed by atoms with Crippen molar-refractivity contribution in [3.05, 3.63) is 54.8 Å². The van der Waals surface area contributed by atoms with Gasteiger partial charge in [-0.3, -0.25) is 4.98 Å². The van der Waals surface area contributed by atoms with E-state index in [4.69, 9.17) is 0 Å². The number of pyridine rings is 1. The van der Waals surface area contributed by atoms with Gasteiger partial charge in [-0.1, -0.05) is 53.1 Å². The van der Waals surface area contributed by atoms with E-state index in [2.05, 4.69) is 27.3 Å². The Kier molecular flexibility index (Phi) is 3.38. The first-order chi connectivity index (χ1) is 7.93. The summed E-state index contributed by atoms with van der Waals surface area (Å²) in [6.07, 6.45) is 3.73. The molecule has 16 heavy (non-hydrogen) atoms. The molecule has 3 rings (SSSR count). The molecule has 0 saturated carbocycles. The van der Waals surface area contributed by atoms with Gasteiger partial charge in [-0.15, -0.1) is 0 Å². The summed E-state index contributed by atoms with van der Waals surface area (Å²) in [6, 6.07) is 4.08. The molecule has 0 atom stereocenters. The predicted octanol–water partition coefficient (Wildman–Crippen LogP) is 4.94. The van der Waals surface area contributed by atoms with E-state index in [1.807, 2.05) is 65.5 Å². The van der Waals surface area contributed by atoms with E-state index < -0.39 is 0 Å². The molecule has 0 N–H and O–H groups in total. The van der Waals surface area contributed by atoms with E-state index in [0.717, 1.165) is 0 Å². The molecule has 1 aromatic heterocycles. The van der Waals surface area contributed by atoms with Crippen molar-refractivity contribution < 1.29 is 0 Å². The van der Waals surface area contributed by atoms with Crippen LogP contribution in [0.3, 0.4) is 0 Å². The first-order valence-electron chi connectivity index (χ1n) is 4.61. The molecule has 0 bridgehead atoms. The summed E-state index contributed by atoms with van der Waals surface area (Å²) >= 11 is 7.27. The smallest absolute Gasteiger partial charge is 0.0700 e. The largest absolute Gasteiger partial charge is 0.264 e. The lowest BCUT2D eigenvalue weighted by Gasteiger charge is -2.02. The number of thioether (sulfide) groups is 4. The van der Waals surface area contributed by atoms with E-state index in [1.54, 1.807) is 0 Å². The molecule has 0 aromatic carbocycles. The van der Waals surface area contributed by atoms with Gasteiger partial charge in [0.15, 0.2) is 0 Å². The van der Waals surface area contributed by atoms with Crippen molar-refractivity contribution in [3.8, 4) is 0 Å². The van der Waals surface area contributed by atoms with Crippen molar-refractivity contribution in [2.24, 2.45) is 0 Å². The fraction of sp³-hybridized carbons (Fsp3) is 0. The molecule has 0 unspecified atom stereocenters. The van der Waals surface area contributed by atoms with Crippen LogP contribution in [0.25, 0.3) is 4.91 Å². The number of hydrogen-bond acceptors (Lipinski definition) is 5. The Morgan fingerprint density at radius 2 is 1.88 bits per heavy atom. The minimum Gasteiger partial charge on any atom is -0.264 e. The molecule has 1 nitrogen and oxygen atoms in total. The topological polar surface area (TPSA) is 12.9 Å². The molecule has 0 radical (unpaired) electrons. The van der Waals surface area contributed by atoms with Crippen LogP contribution < -0.4 is 0 Å². The number of nitrogens with zero attached hydrogens (tertiary/aromatic N) is 1. The van der Waals surface area contributed by atoms with Crippen molar-refractivity contribution in [1.82, 2.24) is 4.98 Å². The van der Waals surface area contributed by atoms with Gasteiger partial charge in [-0.05, 0) is 22.3 Å². The van der Waals surface area contributed by atoms with E-state index >= 15 is 0 Å². The summed E-state index contributed by atoms with van der Waals surface area (Å²) in [5.41, 5.74) is 1.21. The highest BCUT2D eigenvalue weighted by Crippen LogP contribution is 2.55. The third-order valence-electron chi connectivity index (χ3n) is 1.99. The minimum absolute atomic E-state index is 1.21. The summed E-state index contributed by atoms with van der Waals surface area (Å²) in [4.78, 5) is 5.45. The van der Waals surface area contributed by atoms with E-state index in [-0.39, 0.29) is 0 Å². The second-order valence-corrected chi connectivity index (χ2v) is 7.31. The van der Waals surface area contributed by atoms with Gasteiger partial charge in [0.1, 0.15) is 0 Å². The van der Waals surface area contributed by atoms with Gasteiger partial charge in [-0.25, -0.2) is 0 Å². The van der Waals surface area contributed by atoms with Gasteiger partial charge in [0.25, 0.3) is 0 Å². The molecule has 5 heteroatoms. The summed E-state index contributed by atoms with van der Waals surface area (Å²) in [6.45, 7) is 0. The SMILES string of the molecule is C1=CSC(=C2SC=C(c3cccnc3)S2)S1. The number of aromatic nitrogens is 1. The molecule has 0 aliphatic carbocycles. The Bertz CT molecular complexity index is 480. The maximum Gasteiger partial charge on any atom is 0.0700 e. The first kappa shape index (κ1) is 10.9. The molecule has 0 fully saturated rings. The second-order valence-electron chi connectivity index (χ2n) is 3.03. The van der Waals surface area contributed by atoms with Crippen LogP contribution in [0.4, 0.5) is 0 Å². The third kappa shape index (κ3) is 2.22. The molecule has 2 aliphatic rings. The average molecular weight is 281 g/mol. The van der Waals surface area contributed by atoms with E-state index in [1.165, 1.54) is 18.9 Å². The Hall–Kier alpha value is -0.230. The highest BCUT2D eigenvalue weighted by molar-refractivity contribution is 8.35. The van der Waals surface area contributed by atoms with Crippen LogP contribution in [0.5, 0.6) is 0 Å². The fourth-order valence-corrected chi connectivity index (χ4v) is 5.75. The molecule has 0 spiro atoms. The molecule has 1 aromatic rings. The van der Waals surface area contributed by atoms with Crippen LogP contribution in [0, 0.1) is 0 Å².